The molecule has 3 aliphatic carbocycles. The molecule has 0 fully saturated rings. The summed E-state index contributed by atoms with van der Waals surface area (Å²) < 4.78 is 0. The molecule has 0 N–H and O–H groups in total. The van der Waals surface area contributed by atoms with E-state index >= 15 is 0 Å². The summed E-state index contributed by atoms with van der Waals surface area (Å²) in [6.45, 7) is 4.75. The summed E-state index contributed by atoms with van der Waals surface area (Å²) in [6, 6.07) is 84.0. The maximum absolute atomic E-state index is 2.52. The fraction of sp³-hybridized carbons (Fsp3) is 0.0645. The number of benzene rings is 10. The van der Waals surface area contributed by atoms with Crippen LogP contribution in [0.2, 0.25) is 0 Å². The van der Waals surface area contributed by atoms with Gasteiger partial charge >= 0.3 is 0 Å². The lowest BCUT2D eigenvalue weighted by atomic mass is 9.70. The quantitative estimate of drug-likeness (QED) is 0.168. The Balaban J connectivity index is 1.08. The summed E-state index contributed by atoms with van der Waals surface area (Å²) in [5, 5.41) is 2.58. The Morgan fingerprint density at radius 3 is 1.65 bits per heavy atom. The smallest absolute Gasteiger partial charge is 0.0725 e. The van der Waals surface area contributed by atoms with Crippen molar-refractivity contribution >= 4 is 27.8 Å². The van der Waals surface area contributed by atoms with E-state index in [2.05, 4.69) is 243 Å². The van der Waals surface area contributed by atoms with E-state index in [0.29, 0.717) is 0 Å². The number of hydrogen-bond donors (Lipinski definition) is 0. The molecule has 63 heavy (non-hydrogen) atoms. The summed E-state index contributed by atoms with van der Waals surface area (Å²) >= 11 is 0. The summed E-state index contributed by atoms with van der Waals surface area (Å²) in [5.41, 5.74) is 23.6. The van der Waals surface area contributed by atoms with Gasteiger partial charge in [0.15, 0.2) is 0 Å². The van der Waals surface area contributed by atoms with Gasteiger partial charge in [-0.1, -0.05) is 202 Å². The lowest BCUT2D eigenvalue weighted by Crippen LogP contribution is -2.25. The van der Waals surface area contributed by atoms with Gasteiger partial charge in [-0.3, -0.25) is 0 Å². The number of hydrogen-bond acceptors (Lipinski definition) is 1. The first-order valence-electron chi connectivity index (χ1n) is 22.2. The van der Waals surface area contributed by atoms with E-state index in [1.165, 1.54) is 99.8 Å². The zero-order chi connectivity index (χ0) is 41.9. The van der Waals surface area contributed by atoms with Crippen molar-refractivity contribution < 1.29 is 0 Å². The molecule has 0 aliphatic heterocycles. The minimum Gasteiger partial charge on any atom is -0.310 e. The Labute approximate surface area is 369 Å². The summed E-state index contributed by atoms with van der Waals surface area (Å²) in [4.78, 5) is 2.52. The molecule has 0 saturated heterocycles. The number of rotatable bonds is 5. The SMILES string of the molecule is CC1(C)c2ccccc2-c2ccc(N(c3ccc4c(c3)-c3ccccc3C43c4ccccc4-c4c3ccc3ccccc43)c3ccc(-c4ccccc4)cc3-c3ccccc3)cc21. The molecule has 10 aromatic carbocycles. The lowest BCUT2D eigenvalue weighted by Gasteiger charge is -2.32. The number of nitrogens with zero attached hydrogens (tertiary/aromatic N) is 1. The first kappa shape index (κ1) is 36.0. The van der Waals surface area contributed by atoms with Gasteiger partial charge in [0.05, 0.1) is 11.1 Å². The van der Waals surface area contributed by atoms with Crippen LogP contribution in [0, 0.1) is 0 Å². The fourth-order valence-electron chi connectivity index (χ4n) is 11.7. The molecule has 3 aliphatic rings. The summed E-state index contributed by atoms with van der Waals surface area (Å²) in [7, 11) is 0. The van der Waals surface area contributed by atoms with Crippen LogP contribution in [0.4, 0.5) is 17.1 Å². The maximum Gasteiger partial charge on any atom is 0.0725 e. The van der Waals surface area contributed by atoms with Crippen molar-refractivity contribution in [1.29, 1.82) is 0 Å². The van der Waals surface area contributed by atoms with Crippen LogP contribution in [-0.2, 0) is 10.8 Å². The van der Waals surface area contributed by atoms with Crippen LogP contribution in [0.1, 0.15) is 47.2 Å². The molecule has 0 bridgehead atoms. The van der Waals surface area contributed by atoms with Gasteiger partial charge in [-0.05, 0) is 131 Å². The Hall–Kier alpha value is -7.74. The van der Waals surface area contributed by atoms with Crippen LogP contribution in [0.5, 0.6) is 0 Å². The van der Waals surface area contributed by atoms with Gasteiger partial charge in [0.2, 0.25) is 0 Å². The van der Waals surface area contributed by atoms with Gasteiger partial charge in [-0.25, -0.2) is 0 Å². The molecule has 0 radical (unpaired) electrons. The molecule has 1 atom stereocenters. The van der Waals surface area contributed by atoms with Crippen LogP contribution in [-0.4, -0.2) is 0 Å². The average Bonchev–Trinajstić information content (AvgIpc) is 3.90. The first-order valence-corrected chi connectivity index (χ1v) is 22.2. The van der Waals surface area contributed by atoms with Gasteiger partial charge < -0.3 is 4.90 Å². The predicted octanol–water partition coefficient (Wildman–Crippen LogP) is 16.3. The second-order valence-corrected chi connectivity index (χ2v) is 18.0. The highest BCUT2D eigenvalue weighted by atomic mass is 15.1. The molecular weight excluding hydrogens is 759 g/mol. The Bertz CT molecular complexity index is 3490. The van der Waals surface area contributed by atoms with E-state index in [4.69, 9.17) is 0 Å². The van der Waals surface area contributed by atoms with Crippen LogP contribution < -0.4 is 4.90 Å². The third kappa shape index (κ3) is 4.99. The standard InChI is InChI=1S/C62H43N/c1-61(2)53-26-14-11-23-47(53)49-33-31-45(39-58(49)61)63(59-36-30-43(40-17-5-3-6-18-40)37-51(59)41-19-7-4-8-20-41)44-32-35-56-52(38-44)48-24-12-15-27-54(48)62(56)55-28-16-13-25-50(55)60-46-22-10-9-21-42(46)29-34-57(60)62/h3-39H,1-2H3. The van der Waals surface area contributed by atoms with Crippen molar-refractivity contribution in [3.8, 4) is 55.6 Å². The molecule has 296 valence electrons. The molecule has 0 saturated carbocycles. The van der Waals surface area contributed by atoms with Crippen LogP contribution in [0.15, 0.2) is 224 Å². The van der Waals surface area contributed by atoms with E-state index in [1.54, 1.807) is 0 Å². The third-order valence-electron chi connectivity index (χ3n) is 14.5. The number of fused-ring (bicyclic) bond motifs is 15. The van der Waals surface area contributed by atoms with E-state index in [9.17, 15) is 0 Å². The van der Waals surface area contributed by atoms with Crippen molar-refractivity contribution in [3.05, 3.63) is 258 Å². The predicted molar refractivity (Wildman–Crippen MR) is 263 cm³/mol. The van der Waals surface area contributed by atoms with Crippen LogP contribution >= 0.6 is 0 Å². The zero-order valence-corrected chi connectivity index (χ0v) is 35.3. The van der Waals surface area contributed by atoms with Gasteiger partial charge in [-0.15, -0.1) is 0 Å². The van der Waals surface area contributed by atoms with E-state index in [-0.39, 0.29) is 5.41 Å². The highest BCUT2D eigenvalue weighted by Crippen LogP contribution is 2.64. The van der Waals surface area contributed by atoms with Gasteiger partial charge in [0.25, 0.3) is 0 Å². The topological polar surface area (TPSA) is 3.24 Å². The largest absolute Gasteiger partial charge is 0.310 e. The molecule has 0 heterocycles. The zero-order valence-electron chi connectivity index (χ0n) is 35.3. The van der Waals surface area contributed by atoms with Crippen molar-refractivity contribution in [3.63, 3.8) is 0 Å². The molecule has 0 amide bonds. The minimum absolute atomic E-state index is 0.149. The molecule has 13 rings (SSSR count). The van der Waals surface area contributed by atoms with Crippen molar-refractivity contribution in [2.45, 2.75) is 24.7 Å². The molecule has 0 aromatic heterocycles. The Morgan fingerprint density at radius 1 is 0.317 bits per heavy atom. The van der Waals surface area contributed by atoms with Gasteiger partial charge in [-0.2, -0.15) is 0 Å². The summed E-state index contributed by atoms with van der Waals surface area (Å²) in [6.07, 6.45) is 0. The maximum atomic E-state index is 2.52. The van der Waals surface area contributed by atoms with Crippen molar-refractivity contribution in [2.75, 3.05) is 4.90 Å². The van der Waals surface area contributed by atoms with Crippen molar-refractivity contribution in [1.82, 2.24) is 0 Å². The van der Waals surface area contributed by atoms with E-state index in [0.717, 1.165) is 17.1 Å². The van der Waals surface area contributed by atoms with Crippen molar-refractivity contribution in [2.24, 2.45) is 0 Å². The Kier molecular flexibility index (Phi) is 7.64. The normalized spacial score (nSPS) is 15.7. The Morgan fingerprint density at radius 2 is 0.873 bits per heavy atom. The van der Waals surface area contributed by atoms with Gasteiger partial charge in [0.1, 0.15) is 0 Å². The lowest BCUT2D eigenvalue weighted by molar-refractivity contribution is 0.660. The third-order valence-corrected chi connectivity index (χ3v) is 14.5. The monoisotopic (exact) mass is 801 g/mol. The molecule has 1 unspecified atom stereocenters. The summed E-state index contributed by atoms with van der Waals surface area (Å²) in [5.74, 6) is 0. The second-order valence-electron chi connectivity index (χ2n) is 18.0. The second kappa shape index (κ2) is 13.4. The molecule has 1 spiro atoms. The molecule has 10 aromatic rings. The molecule has 1 nitrogen and oxygen atoms in total. The van der Waals surface area contributed by atoms with E-state index in [1.807, 2.05) is 0 Å². The highest BCUT2D eigenvalue weighted by molar-refractivity contribution is 6.06. The average molecular weight is 802 g/mol. The first-order chi connectivity index (χ1) is 31.0. The van der Waals surface area contributed by atoms with Crippen LogP contribution in [0.25, 0.3) is 66.4 Å². The molecule has 1 heteroatoms. The van der Waals surface area contributed by atoms with Gasteiger partial charge in [0, 0.05) is 22.4 Å². The minimum atomic E-state index is -0.443. The number of anilines is 3. The highest BCUT2D eigenvalue weighted by Gasteiger charge is 2.52. The molecular formula is C62H43N. The van der Waals surface area contributed by atoms with Crippen LogP contribution in [0.3, 0.4) is 0 Å². The fourth-order valence-corrected chi connectivity index (χ4v) is 11.7. The van der Waals surface area contributed by atoms with E-state index < -0.39 is 5.41 Å².